The molecule has 2 rings (SSSR count). The fourth-order valence-corrected chi connectivity index (χ4v) is 2.64. The Balaban J connectivity index is 0.00000180. The van der Waals surface area contributed by atoms with E-state index < -0.39 is 0 Å². The summed E-state index contributed by atoms with van der Waals surface area (Å²) in [5, 5.41) is 12.6. The highest BCUT2D eigenvalue weighted by Crippen LogP contribution is 2.28. The van der Waals surface area contributed by atoms with Crippen molar-refractivity contribution in [1.82, 2.24) is 10.2 Å². The van der Waals surface area contributed by atoms with Crippen LogP contribution in [0.2, 0.25) is 0 Å². The summed E-state index contributed by atoms with van der Waals surface area (Å²) in [4.78, 5) is 2.33. The maximum atomic E-state index is 13.7. The van der Waals surface area contributed by atoms with Crippen molar-refractivity contribution in [3.63, 3.8) is 0 Å². The van der Waals surface area contributed by atoms with Crippen molar-refractivity contribution in [2.75, 3.05) is 32.8 Å². The number of hydrogen-bond donors (Lipinski definition) is 2. The SMILES string of the molecule is Cc1c(F)cccc1[C@H](CCO)N1CCNCC1.Cl. The monoisotopic (exact) mass is 288 g/mol. The molecule has 0 aliphatic carbocycles. The van der Waals surface area contributed by atoms with E-state index in [-0.39, 0.29) is 30.9 Å². The first-order chi connectivity index (χ1) is 8.74. The molecule has 1 heterocycles. The number of nitrogens with zero attached hydrogens (tertiary/aromatic N) is 1. The van der Waals surface area contributed by atoms with Gasteiger partial charge in [0.2, 0.25) is 0 Å². The van der Waals surface area contributed by atoms with Gasteiger partial charge in [-0.3, -0.25) is 4.90 Å². The molecular weight excluding hydrogens is 267 g/mol. The first-order valence-corrected chi connectivity index (χ1v) is 6.54. The van der Waals surface area contributed by atoms with E-state index in [0.29, 0.717) is 12.0 Å². The molecule has 1 aliphatic heterocycles. The highest BCUT2D eigenvalue weighted by Gasteiger charge is 2.23. The average Bonchev–Trinajstić information content (AvgIpc) is 2.41. The molecule has 1 saturated heterocycles. The third-order valence-corrected chi connectivity index (χ3v) is 3.66. The van der Waals surface area contributed by atoms with Crippen LogP contribution in [0.1, 0.15) is 23.6 Å². The molecule has 1 aromatic rings. The molecule has 5 heteroatoms. The number of piperazine rings is 1. The second-order valence-corrected chi connectivity index (χ2v) is 4.77. The van der Waals surface area contributed by atoms with E-state index in [0.717, 1.165) is 31.7 Å². The summed E-state index contributed by atoms with van der Waals surface area (Å²) in [6.07, 6.45) is 0.657. The highest BCUT2D eigenvalue weighted by molar-refractivity contribution is 5.85. The Morgan fingerprint density at radius 2 is 2.05 bits per heavy atom. The summed E-state index contributed by atoms with van der Waals surface area (Å²) < 4.78 is 13.7. The van der Waals surface area contributed by atoms with E-state index in [4.69, 9.17) is 0 Å². The number of nitrogens with one attached hydrogen (secondary N) is 1. The quantitative estimate of drug-likeness (QED) is 0.888. The van der Waals surface area contributed by atoms with E-state index in [1.54, 1.807) is 6.07 Å². The van der Waals surface area contributed by atoms with Crippen LogP contribution in [0, 0.1) is 12.7 Å². The van der Waals surface area contributed by atoms with Crippen LogP contribution in [0.25, 0.3) is 0 Å². The van der Waals surface area contributed by atoms with Crippen molar-refractivity contribution in [3.05, 3.63) is 35.1 Å². The lowest BCUT2D eigenvalue weighted by Gasteiger charge is -2.35. The van der Waals surface area contributed by atoms with Crippen LogP contribution in [-0.4, -0.2) is 42.8 Å². The summed E-state index contributed by atoms with van der Waals surface area (Å²) in [6, 6.07) is 5.34. The lowest BCUT2D eigenvalue weighted by molar-refractivity contribution is 0.140. The van der Waals surface area contributed by atoms with Crippen molar-refractivity contribution in [3.8, 4) is 0 Å². The van der Waals surface area contributed by atoms with Gasteiger partial charge in [-0.25, -0.2) is 4.39 Å². The molecular formula is C14H22ClFN2O. The Bertz CT molecular complexity index is 397. The van der Waals surface area contributed by atoms with Crippen molar-refractivity contribution < 1.29 is 9.50 Å². The molecule has 2 N–H and O–H groups in total. The standard InChI is InChI=1S/C14H21FN2O.ClH/c1-11-12(3-2-4-13(11)15)14(5-10-18)17-8-6-16-7-9-17;/h2-4,14,16,18H,5-10H2,1H3;1H/t14-;/m0./s1. The molecule has 1 fully saturated rings. The van der Waals surface area contributed by atoms with Crippen molar-refractivity contribution in [2.45, 2.75) is 19.4 Å². The molecule has 0 saturated carbocycles. The Labute approximate surface area is 120 Å². The van der Waals surface area contributed by atoms with Crippen molar-refractivity contribution in [1.29, 1.82) is 0 Å². The zero-order valence-corrected chi connectivity index (χ0v) is 12.0. The lowest BCUT2D eigenvalue weighted by atomic mass is 9.96. The van der Waals surface area contributed by atoms with Crippen LogP contribution >= 0.6 is 12.4 Å². The van der Waals surface area contributed by atoms with Crippen LogP contribution in [0.5, 0.6) is 0 Å². The molecule has 1 atom stereocenters. The molecule has 0 amide bonds. The molecule has 0 aromatic heterocycles. The van der Waals surface area contributed by atoms with E-state index >= 15 is 0 Å². The third kappa shape index (κ3) is 3.89. The van der Waals surface area contributed by atoms with Gasteiger partial charge in [-0.05, 0) is 30.5 Å². The molecule has 0 spiro atoms. The fourth-order valence-electron chi connectivity index (χ4n) is 2.64. The van der Waals surface area contributed by atoms with Crippen LogP contribution in [0.4, 0.5) is 4.39 Å². The fraction of sp³-hybridized carbons (Fsp3) is 0.571. The van der Waals surface area contributed by atoms with Crippen LogP contribution in [0.15, 0.2) is 18.2 Å². The van der Waals surface area contributed by atoms with Gasteiger partial charge in [0.15, 0.2) is 0 Å². The van der Waals surface area contributed by atoms with E-state index in [9.17, 15) is 9.50 Å². The normalized spacial score (nSPS) is 17.8. The van der Waals surface area contributed by atoms with Crippen LogP contribution in [-0.2, 0) is 0 Å². The molecule has 1 aliphatic rings. The van der Waals surface area contributed by atoms with Gasteiger partial charge in [0.25, 0.3) is 0 Å². The third-order valence-electron chi connectivity index (χ3n) is 3.66. The first-order valence-electron chi connectivity index (χ1n) is 6.54. The summed E-state index contributed by atoms with van der Waals surface area (Å²) in [6.45, 7) is 5.75. The predicted molar refractivity (Wildman–Crippen MR) is 77.3 cm³/mol. The summed E-state index contributed by atoms with van der Waals surface area (Å²) in [5.41, 5.74) is 1.71. The maximum Gasteiger partial charge on any atom is 0.126 e. The number of aliphatic hydroxyl groups is 1. The maximum absolute atomic E-state index is 13.7. The van der Waals surface area contributed by atoms with Gasteiger partial charge in [0.05, 0.1) is 0 Å². The molecule has 0 bridgehead atoms. The minimum Gasteiger partial charge on any atom is -0.396 e. The van der Waals surface area contributed by atoms with Crippen LogP contribution in [0.3, 0.4) is 0 Å². The Morgan fingerprint density at radius 3 is 2.68 bits per heavy atom. The average molecular weight is 289 g/mol. The summed E-state index contributed by atoms with van der Waals surface area (Å²) in [7, 11) is 0. The minimum atomic E-state index is -0.162. The largest absolute Gasteiger partial charge is 0.396 e. The first kappa shape index (κ1) is 16.4. The number of aliphatic hydroxyl groups excluding tert-OH is 1. The van der Waals surface area contributed by atoms with Gasteiger partial charge in [-0.15, -0.1) is 12.4 Å². The van der Waals surface area contributed by atoms with Gasteiger partial charge in [-0.2, -0.15) is 0 Å². The molecule has 0 radical (unpaired) electrons. The van der Waals surface area contributed by atoms with Crippen molar-refractivity contribution >= 4 is 12.4 Å². The number of rotatable bonds is 4. The lowest BCUT2D eigenvalue weighted by Crippen LogP contribution is -2.45. The second-order valence-electron chi connectivity index (χ2n) is 4.77. The van der Waals surface area contributed by atoms with Gasteiger partial charge < -0.3 is 10.4 Å². The zero-order chi connectivity index (χ0) is 13.0. The topological polar surface area (TPSA) is 35.5 Å². The number of halogens is 2. The van der Waals surface area contributed by atoms with E-state index in [2.05, 4.69) is 10.2 Å². The van der Waals surface area contributed by atoms with Crippen molar-refractivity contribution in [2.24, 2.45) is 0 Å². The van der Waals surface area contributed by atoms with Crippen LogP contribution < -0.4 is 5.32 Å². The zero-order valence-electron chi connectivity index (χ0n) is 11.2. The Morgan fingerprint density at radius 1 is 1.37 bits per heavy atom. The van der Waals surface area contributed by atoms with Gasteiger partial charge >= 0.3 is 0 Å². The summed E-state index contributed by atoms with van der Waals surface area (Å²) >= 11 is 0. The summed E-state index contributed by atoms with van der Waals surface area (Å²) in [5.74, 6) is -0.162. The Kier molecular flexibility index (Phi) is 6.72. The molecule has 1 aromatic carbocycles. The second kappa shape index (κ2) is 7.80. The number of hydrogen-bond acceptors (Lipinski definition) is 3. The van der Waals surface area contributed by atoms with E-state index in [1.165, 1.54) is 6.07 Å². The predicted octanol–water partition coefficient (Wildman–Crippen LogP) is 1.88. The highest BCUT2D eigenvalue weighted by atomic mass is 35.5. The number of benzene rings is 1. The molecule has 108 valence electrons. The van der Waals surface area contributed by atoms with Gasteiger partial charge in [0, 0.05) is 38.8 Å². The molecule has 0 unspecified atom stereocenters. The van der Waals surface area contributed by atoms with E-state index in [1.807, 2.05) is 13.0 Å². The smallest absolute Gasteiger partial charge is 0.126 e. The molecule has 19 heavy (non-hydrogen) atoms. The Hall–Kier alpha value is -0.680. The molecule has 3 nitrogen and oxygen atoms in total. The minimum absolute atomic E-state index is 0. The van der Waals surface area contributed by atoms with Gasteiger partial charge in [0.1, 0.15) is 5.82 Å². The van der Waals surface area contributed by atoms with Gasteiger partial charge in [-0.1, -0.05) is 12.1 Å².